The summed E-state index contributed by atoms with van der Waals surface area (Å²) in [7, 11) is 0. The van der Waals surface area contributed by atoms with Crippen LogP contribution in [0.25, 0.3) is 0 Å². The van der Waals surface area contributed by atoms with Crippen LogP contribution in [0, 0.1) is 0 Å². The number of hydrogen-bond donors (Lipinski definition) is 3. The number of hydrogen-bond acceptors (Lipinski definition) is 5. The Hall–Kier alpha value is -1.54. The zero-order chi connectivity index (χ0) is 18.7. The smallest absolute Gasteiger partial charge is 0.407 e. The Morgan fingerprint density at radius 3 is 2.44 bits per heavy atom. The van der Waals surface area contributed by atoms with Gasteiger partial charge in [0.25, 0.3) is 0 Å². The van der Waals surface area contributed by atoms with Crippen LogP contribution in [-0.4, -0.2) is 81.1 Å². The third-order valence-electron chi connectivity index (χ3n) is 3.61. The van der Waals surface area contributed by atoms with E-state index in [1.165, 1.54) is 0 Å². The van der Waals surface area contributed by atoms with Crippen molar-refractivity contribution in [1.29, 1.82) is 0 Å². The Kier molecular flexibility index (Phi) is 9.59. The van der Waals surface area contributed by atoms with E-state index < -0.39 is 11.7 Å². The van der Waals surface area contributed by atoms with Crippen LogP contribution >= 0.6 is 0 Å². The number of nitrogens with zero attached hydrogens (tertiary/aromatic N) is 2. The minimum atomic E-state index is -0.483. The molecule has 1 rings (SSSR count). The number of nitrogens with one attached hydrogen (secondary N) is 3. The van der Waals surface area contributed by atoms with E-state index >= 15 is 0 Å². The molecule has 8 heteroatoms. The van der Waals surface area contributed by atoms with Crippen molar-refractivity contribution in [2.75, 3.05) is 52.5 Å². The first-order valence-corrected chi connectivity index (χ1v) is 9.12. The van der Waals surface area contributed by atoms with Gasteiger partial charge in [-0.15, -0.1) is 0 Å². The summed E-state index contributed by atoms with van der Waals surface area (Å²) in [6.45, 7) is 15.8. The molecule has 0 radical (unpaired) electrons. The van der Waals surface area contributed by atoms with Crippen molar-refractivity contribution in [2.45, 2.75) is 46.3 Å². The van der Waals surface area contributed by atoms with Gasteiger partial charge in [-0.3, -0.25) is 9.89 Å². The van der Waals surface area contributed by atoms with Gasteiger partial charge in [-0.05, 0) is 34.6 Å². The second-order valence-corrected chi connectivity index (χ2v) is 7.07. The number of morpholine rings is 1. The summed E-state index contributed by atoms with van der Waals surface area (Å²) >= 11 is 0. The molecule has 1 aliphatic rings. The average Bonchev–Trinajstić information content (AvgIpc) is 2.55. The van der Waals surface area contributed by atoms with Crippen LogP contribution in [0.1, 0.15) is 34.6 Å². The first-order chi connectivity index (χ1) is 11.8. The lowest BCUT2D eigenvalue weighted by atomic mass is 10.2. The average molecular weight is 357 g/mol. The Bertz CT molecular complexity index is 417. The Labute approximate surface area is 151 Å². The lowest BCUT2D eigenvalue weighted by Crippen LogP contribution is -2.45. The minimum absolute atomic E-state index is 0.374. The fourth-order valence-corrected chi connectivity index (χ4v) is 2.36. The molecular formula is C17H35N5O3. The fourth-order valence-electron chi connectivity index (χ4n) is 2.36. The van der Waals surface area contributed by atoms with Crippen LogP contribution in [0.4, 0.5) is 4.79 Å². The number of ether oxygens (including phenoxy) is 2. The summed E-state index contributed by atoms with van der Waals surface area (Å²) in [5, 5.41) is 9.17. The molecule has 1 saturated heterocycles. The molecule has 0 bridgehead atoms. The van der Waals surface area contributed by atoms with Gasteiger partial charge >= 0.3 is 6.09 Å². The molecule has 1 atom stereocenters. The first-order valence-electron chi connectivity index (χ1n) is 9.12. The Morgan fingerprint density at radius 2 is 1.84 bits per heavy atom. The molecule has 25 heavy (non-hydrogen) atoms. The molecule has 8 nitrogen and oxygen atoms in total. The van der Waals surface area contributed by atoms with Gasteiger partial charge in [0.15, 0.2) is 5.96 Å². The molecule has 0 spiro atoms. The van der Waals surface area contributed by atoms with E-state index in [2.05, 4.69) is 32.8 Å². The second-order valence-electron chi connectivity index (χ2n) is 7.07. The topological polar surface area (TPSA) is 87.2 Å². The van der Waals surface area contributed by atoms with Gasteiger partial charge in [0.2, 0.25) is 0 Å². The second kappa shape index (κ2) is 11.1. The maximum Gasteiger partial charge on any atom is 0.407 e. The van der Waals surface area contributed by atoms with E-state index in [0.29, 0.717) is 19.1 Å². The molecule has 1 fully saturated rings. The number of amides is 1. The third-order valence-corrected chi connectivity index (χ3v) is 3.61. The van der Waals surface area contributed by atoms with E-state index in [1.54, 1.807) is 0 Å². The summed E-state index contributed by atoms with van der Waals surface area (Å²) in [4.78, 5) is 18.6. The lowest BCUT2D eigenvalue weighted by molar-refractivity contribution is 0.0220. The third kappa shape index (κ3) is 10.1. The summed E-state index contributed by atoms with van der Waals surface area (Å²) in [5.74, 6) is 0.758. The van der Waals surface area contributed by atoms with Crippen molar-refractivity contribution < 1.29 is 14.3 Å². The van der Waals surface area contributed by atoms with Crippen molar-refractivity contribution in [3.8, 4) is 0 Å². The van der Waals surface area contributed by atoms with Crippen LogP contribution in [0.15, 0.2) is 4.99 Å². The molecular weight excluding hydrogens is 322 g/mol. The van der Waals surface area contributed by atoms with Gasteiger partial charge in [-0.25, -0.2) is 4.79 Å². The highest BCUT2D eigenvalue weighted by Gasteiger charge is 2.17. The van der Waals surface area contributed by atoms with Gasteiger partial charge in [0.1, 0.15) is 5.60 Å². The zero-order valence-corrected chi connectivity index (χ0v) is 16.4. The lowest BCUT2D eigenvalue weighted by Gasteiger charge is -2.31. The SMILES string of the molecule is CCNC(=NCC(C)N1CCOCC1)NCCNC(=O)OC(C)(C)C. The molecule has 3 N–H and O–H groups in total. The summed E-state index contributed by atoms with van der Waals surface area (Å²) in [6.07, 6.45) is -0.405. The minimum Gasteiger partial charge on any atom is -0.444 e. The number of guanidine groups is 1. The van der Waals surface area contributed by atoms with Crippen molar-refractivity contribution in [3.63, 3.8) is 0 Å². The molecule has 146 valence electrons. The number of rotatable bonds is 7. The van der Waals surface area contributed by atoms with Crippen LogP contribution in [0.2, 0.25) is 0 Å². The van der Waals surface area contributed by atoms with Gasteiger partial charge in [-0.2, -0.15) is 0 Å². The van der Waals surface area contributed by atoms with Crippen LogP contribution in [-0.2, 0) is 9.47 Å². The fraction of sp³-hybridized carbons (Fsp3) is 0.882. The highest BCUT2D eigenvalue weighted by molar-refractivity contribution is 5.79. The molecule has 0 aromatic heterocycles. The largest absolute Gasteiger partial charge is 0.444 e. The Balaban J connectivity index is 2.31. The Morgan fingerprint density at radius 1 is 1.20 bits per heavy atom. The summed E-state index contributed by atoms with van der Waals surface area (Å²) in [6, 6.07) is 0.374. The zero-order valence-electron chi connectivity index (χ0n) is 16.4. The number of alkyl carbamates (subject to hydrolysis) is 1. The monoisotopic (exact) mass is 357 g/mol. The van der Waals surface area contributed by atoms with Gasteiger partial charge in [0, 0.05) is 38.8 Å². The molecule has 0 aromatic rings. The number of carbonyl (C=O) groups excluding carboxylic acids is 1. The first kappa shape index (κ1) is 21.5. The maximum atomic E-state index is 11.6. The van der Waals surface area contributed by atoms with Gasteiger partial charge < -0.3 is 25.4 Å². The van der Waals surface area contributed by atoms with Gasteiger partial charge in [0.05, 0.1) is 19.8 Å². The summed E-state index contributed by atoms with van der Waals surface area (Å²) < 4.78 is 10.6. The standard InChI is InChI=1S/C17H35N5O3/c1-6-18-15(19-7-8-20-16(23)25-17(3,4)5)21-13-14(2)22-9-11-24-12-10-22/h14H,6-13H2,1-5H3,(H,20,23)(H2,18,19,21). The van der Waals surface area contributed by atoms with Gasteiger partial charge in [-0.1, -0.05) is 0 Å². The quantitative estimate of drug-likeness (QED) is 0.355. The van der Waals surface area contributed by atoms with Crippen LogP contribution < -0.4 is 16.0 Å². The van der Waals surface area contributed by atoms with Crippen molar-refractivity contribution in [1.82, 2.24) is 20.9 Å². The number of aliphatic imine (C=N–C) groups is 1. The molecule has 1 aliphatic heterocycles. The predicted molar refractivity (Wildman–Crippen MR) is 100 cm³/mol. The molecule has 0 aromatic carbocycles. The molecule has 1 unspecified atom stereocenters. The summed E-state index contributed by atoms with van der Waals surface area (Å²) in [5.41, 5.74) is -0.483. The maximum absolute atomic E-state index is 11.6. The van der Waals surface area contributed by atoms with E-state index in [-0.39, 0.29) is 0 Å². The normalized spacial score (nSPS) is 17.7. The molecule has 0 aliphatic carbocycles. The molecule has 0 saturated carbocycles. The molecule has 1 amide bonds. The van der Waals surface area contributed by atoms with E-state index in [0.717, 1.165) is 45.4 Å². The number of carbonyl (C=O) groups is 1. The highest BCUT2D eigenvalue weighted by Crippen LogP contribution is 2.06. The van der Waals surface area contributed by atoms with E-state index in [1.807, 2.05) is 27.7 Å². The highest BCUT2D eigenvalue weighted by atomic mass is 16.6. The van der Waals surface area contributed by atoms with Crippen LogP contribution in [0.3, 0.4) is 0 Å². The van der Waals surface area contributed by atoms with E-state index in [4.69, 9.17) is 9.47 Å². The van der Waals surface area contributed by atoms with E-state index in [9.17, 15) is 4.79 Å². The van der Waals surface area contributed by atoms with Crippen molar-refractivity contribution in [3.05, 3.63) is 0 Å². The van der Waals surface area contributed by atoms with Crippen LogP contribution in [0.5, 0.6) is 0 Å². The predicted octanol–water partition coefficient (Wildman–Crippen LogP) is 0.787. The van der Waals surface area contributed by atoms with Crippen molar-refractivity contribution >= 4 is 12.1 Å². The van der Waals surface area contributed by atoms with Crippen molar-refractivity contribution in [2.24, 2.45) is 4.99 Å². The molecule has 1 heterocycles.